The Kier molecular flexibility index (Phi) is 6.16. The van der Waals surface area contributed by atoms with Gasteiger partial charge in [0.1, 0.15) is 5.75 Å². The number of para-hydroxylation sites is 1. The van der Waals surface area contributed by atoms with Gasteiger partial charge in [0, 0.05) is 13.6 Å². The van der Waals surface area contributed by atoms with E-state index in [2.05, 4.69) is 31.9 Å². The molecule has 0 aliphatic carbocycles. The highest BCUT2D eigenvalue weighted by Gasteiger charge is 2.12. The zero-order chi connectivity index (χ0) is 13.5. The van der Waals surface area contributed by atoms with Gasteiger partial charge in [-0.1, -0.05) is 6.07 Å². The molecule has 0 radical (unpaired) electrons. The topological polar surface area (TPSA) is 53.3 Å². The lowest BCUT2D eigenvalue weighted by Crippen LogP contribution is -2.32. The van der Waals surface area contributed by atoms with E-state index in [-0.39, 0.29) is 12.5 Å². The van der Waals surface area contributed by atoms with Gasteiger partial charge in [0.05, 0.1) is 21.4 Å². The van der Waals surface area contributed by atoms with Crippen molar-refractivity contribution >= 4 is 37.8 Å². The molecule has 0 saturated heterocycles. The summed E-state index contributed by atoms with van der Waals surface area (Å²) in [6, 6.07) is 7.53. The Morgan fingerprint density at radius 1 is 1.44 bits per heavy atom. The molecule has 0 heterocycles. The molecule has 18 heavy (non-hydrogen) atoms. The van der Waals surface area contributed by atoms with Crippen LogP contribution in [0.3, 0.4) is 0 Å². The van der Waals surface area contributed by atoms with Gasteiger partial charge in [-0.05, 0) is 44.0 Å². The van der Waals surface area contributed by atoms with Crippen molar-refractivity contribution in [2.24, 2.45) is 0 Å². The summed E-state index contributed by atoms with van der Waals surface area (Å²) in [6.07, 6.45) is 0.320. The number of rotatable bonds is 5. The van der Waals surface area contributed by atoms with Crippen LogP contribution >= 0.6 is 31.9 Å². The molecule has 0 aliphatic heterocycles. The fourth-order valence-corrected chi connectivity index (χ4v) is 2.43. The van der Waals surface area contributed by atoms with Crippen LogP contribution < -0.4 is 4.74 Å². The Morgan fingerprint density at radius 2 is 2.06 bits per heavy atom. The van der Waals surface area contributed by atoms with Crippen molar-refractivity contribution in [2.75, 3.05) is 20.2 Å². The molecule has 1 rings (SSSR count). The van der Waals surface area contributed by atoms with E-state index in [1.54, 1.807) is 7.05 Å². The van der Waals surface area contributed by atoms with Crippen LogP contribution in [0.1, 0.15) is 6.42 Å². The second-order valence-corrected chi connectivity index (χ2v) is 5.27. The van der Waals surface area contributed by atoms with E-state index in [1.807, 2.05) is 24.3 Å². The molecule has 0 spiro atoms. The van der Waals surface area contributed by atoms with Crippen LogP contribution in [0.4, 0.5) is 0 Å². The molecular weight excluding hydrogens is 364 g/mol. The van der Waals surface area contributed by atoms with Gasteiger partial charge in [-0.25, -0.2) is 0 Å². The SMILES string of the molecule is CN(CCC#N)C(=O)COc1c(Br)cccc1Br. The Balaban J connectivity index is 2.55. The summed E-state index contributed by atoms with van der Waals surface area (Å²) in [7, 11) is 1.65. The van der Waals surface area contributed by atoms with E-state index >= 15 is 0 Å². The minimum Gasteiger partial charge on any atom is -0.481 e. The quantitative estimate of drug-likeness (QED) is 0.794. The molecule has 0 aliphatic rings. The zero-order valence-corrected chi connectivity index (χ0v) is 13.0. The Morgan fingerprint density at radius 3 is 2.61 bits per heavy atom. The summed E-state index contributed by atoms with van der Waals surface area (Å²) in [5.74, 6) is 0.437. The van der Waals surface area contributed by atoms with Gasteiger partial charge in [0.25, 0.3) is 5.91 Å². The van der Waals surface area contributed by atoms with Crippen molar-refractivity contribution in [3.63, 3.8) is 0 Å². The van der Waals surface area contributed by atoms with E-state index in [4.69, 9.17) is 10.00 Å². The molecule has 1 amide bonds. The van der Waals surface area contributed by atoms with E-state index < -0.39 is 0 Å². The number of hydrogen-bond acceptors (Lipinski definition) is 3. The van der Waals surface area contributed by atoms with Crippen LogP contribution in [-0.2, 0) is 4.79 Å². The minimum absolute atomic E-state index is 0.0524. The maximum absolute atomic E-state index is 11.7. The lowest BCUT2D eigenvalue weighted by molar-refractivity contribution is -0.132. The third-order valence-electron chi connectivity index (χ3n) is 2.24. The number of nitriles is 1. The van der Waals surface area contributed by atoms with Crippen LogP contribution in [0.5, 0.6) is 5.75 Å². The summed E-state index contributed by atoms with van der Waals surface area (Å²) in [5, 5.41) is 8.45. The lowest BCUT2D eigenvalue weighted by atomic mass is 10.3. The standard InChI is InChI=1S/C12H12Br2N2O2/c1-16(7-3-6-15)11(17)8-18-12-9(13)4-2-5-10(12)14/h2,4-5H,3,7-8H2,1H3. The fraction of sp³-hybridized carbons (Fsp3) is 0.333. The van der Waals surface area contributed by atoms with E-state index in [9.17, 15) is 4.79 Å². The predicted molar refractivity (Wildman–Crippen MR) is 75.2 cm³/mol. The number of likely N-dealkylation sites (N-methyl/N-ethyl adjacent to an activating group) is 1. The van der Waals surface area contributed by atoms with E-state index in [1.165, 1.54) is 4.90 Å². The minimum atomic E-state index is -0.159. The molecular formula is C12H12Br2N2O2. The molecule has 96 valence electrons. The van der Waals surface area contributed by atoms with Crippen LogP contribution in [0.25, 0.3) is 0 Å². The molecule has 1 aromatic rings. The van der Waals surface area contributed by atoms with Crippen molar-refractivity contribution < 1.29 is 9.53 Å². The van der Waals surface area contributed by atoms with Gasteiger partial charge in [0.15, 0.2) is 6.61 Å². The molecule has 0 unspecified atom stereocenters. The van der Waals surface area contributed by atoms with Gasteiger partial charge in [-0.15, -0.1) is 0 Å². The molecule has 0 saturated carbocycles. The van der Waals surface area contributed by atoms with Gasteiger partial charge >= 0.3 is 0 Å². The molecule has 0 N–H and O–H groups in total. The van der Waals surface area contributed by atoms with E-state index in [0.717, 1.165) is 8.95 Å². The van der Waals surface area contributed by atoms with Crippen LogP contribution in [0, 0.1) is 11.3 Å². The van der Waals surface area contributed by atoms with Crippen molar-refractivity contribution in [3.05, 3.63) is 27.1 Å². The Bertz CT molecular complexity index is 451. The van der Waals surface area contributed by atoms with Crippen molar-refractivity contribution in [1.29, 1.82) is 5.26 Å². The number of benzene rings is 1. The summed E-state index contributed by atoms with van der Waals surface area (Å²) < 4.78 is 7.03. The Hall–Kier alpha value is -1.06. The number of nitrogens with zero attached hydrogens (tertiary/aromatic N) is 2. The monoisotopic (exact) mass is 374 g/mol. The molecule has 0 fully saturated rings. The molecule has 0 aromatic heterocycles. The van der Waals surface area contributed by atoms with Gasteiger partial charge in [-0.3, -0.25) is 4.79 Å². The molecule has 4 nitrogen and oxygen atoms in total. The zero-order valence-electron chi connectivity index (χ0n) is 9.82. The van der Waals surface area contributed by atoms with Crippen molar-refractivity contribution in [3.8, 4) is 11.8 Å². The first-order chi connectivity index (χ1) is 8.56. The van der Waals surface area contributed by atoms with Crippen LogP contribution in [0.2, 0.25) is 0 Å². The number of ether oxygens (including phenoxy) is 1. The number of carbonyl (C=O) groups is 1. The molecule has 1 aromatic carbocycles. The molecule has 0 bridgehead atoms. The lowest BCUT2D eigenvalue weighted by Gasteiger charge is -2.16. The number of hydrogen-bond donors (Lipinski definition) is 0. The second-order valence-electron chi connectivity index (χ2n) is 3.56. The highest BCUT2D eigenvalue weighted by Crippen LogP contribution is 2.32. The smallest absolute Gasteiger partial charge is 0.260 e. The van der Waals surface area contributed by atoms with Crippen molar-refractivity contribution in [2.45, 2.75) is 6.42 Å². The fourth-order valence-electron chi connectivity index (χ4n) is 1.21. The Labute approximate surface area is 123 Å². The first-order valence-electron chi connectivity index (χ1n) is 5.24. The molecule has 0 atom stereocenters. The van der Waals surface area contributed by atoms with E-state index in [0.29, 0.717) is 18.7 Å². The largest absolute Gasteiger partial charge is 0.481 e. The number of amides is 1. The summed E-state index contributed by atoms with van der Waals surface area (Å²) >= 11 is 6.71. The summed E-state index contributed by atoms with van der Waals surface area (Å²) in [5.41, 5.74) is 0. The summed E-state index contributed by atoms with van der Waals surface area (Å²) in [6.45, 7) is 0.360. The highest BCUT2D eigenvalue weighted by molar-refractivity contribution is 9.11. The first-order valence-corrected chi connectivity index (χ1v) is 6.82. The van der Waals surface area contributed by atoms with Gasteiger partial charge in [-0.2, -0.15) is 5.26 Å². The van der Waals surface area contributed by atoms with Crippen molar-refractivity contribution in [1.82, 2.24) is 4.90 Å². The average molecular weight is 376 g/mol. The highest BCUT2D eigenvalue weighted by atomic mass is 79.9. The van der Waals surface area contributed by atoms with Gasteiger partial charge < -0.3 is 9.64 Å². The number of carbonyl (C=O) groups excluding carboxylic acids is 1. The molecule has 6 heteroatoms. The van der Waals surface area contributed by atoms with Crippen LogP contribution in [0.15, 0.2) is 27.1 Å². The van der Waals surface area contributed by atoms with Crippen LogP contribution in [-0.4, -0.2) is 31.0 Å². The van der Waals surface area contributed by atoms with Gasteiger partial charge in [0.2, 0.25) is 0 Å². The maximum Gasteiger partial charge on any atom is 0.260 e. The third-order valence-corrected chi connectivity index (χ3v) is 3.49. The maximum atomic E-state index is 11.7. The summed E-state index contributed by atoms with van der Waals surface area (Å²) in [4.78, 5) is 13.2. The average Bonchev–Trinajstić information content (AvgIpc) is 2.35. The second kappa shape index (κ2) is 7.39. The normalized spacial score (nSPS) is 9.67. The third kappa shape index (κ3) is 4.31. The number of halogens is 2. The first kappa shape index (κ1) is 15.0. The predicted octanol–water partition coefficient (Wildman–Crippen LogP) is 2.96.